The van der Waals surface area contributed by atoms with E-state index in [1.54, 1.807) is 18.3 Å². The Labute approximate surface area is 164 Å². The maximum atomic E-state index is 10.1. The van der Waals surface area contributed by atoms with Crippen molar-refractivity contribution in [2.75, 3.05) is 0 Å². The van der Waals surface area contributed by atoms with Gasteiger partial charge in [-0.25, -0.2) is 0 Å². The monoisotopic (exact) mass is 373 g/mol. The van der Waals surface area contributed by atoms with Crippen LogP contribution in [0, 0.1) is 30.9 Å². The number of fused-ring (bicyclic) bond motifs is 1. The van der Waals surface area contributed by atoms with Crippen molar-refractivity contribution >= 4 is 16.6 Å². The van der Waals surface area contributed by atoms with Gasteiger partial charge in [0.15, 0.2) is 0 Å². The second-order valence-electron chi connectivity index (χ2n) is 6.33. The zero-order chi connectivity index (χ0) is 20.4. The molecule has 0 atom stereocenters. The Kier molecular flexibility index (Phi) is 7.78. The van der Waals surface area contributed by atoms with E-state index in [1.807, 2.05) is 56.6 Å². The van der Waals surface area contributed by atoms with Gasteiger partial charge in [-0.2, -0.15) is 0 Å². The van der Waals surface area contributed by atoms with Gasteiger partial charge in [0.25, 0.3) is 5.69 Å². The van der Waals surface area contributed by atoms with Crippen LogP contribution in [0.25, 0.3) is 10.9 Å². The lowest BCUT2D eigenvalue weighted by Gasteiger charge is -1.95. The number of non-ortho nitro benzene ring substituents is 1. The van der Waals surface area contributed by atoms with Crippen molar-refractivity contribution in [3.05, 3.63) is 112 Å². The number of hydrogen-bond acceptors (Lipinski definition) is 4. The summed E-state index contributed by atoms with van der Waals surface area (Å²) in [7, 11) is 0. The third-order valence-electron chi connectivity index (χ3n) is 3.78. The highest BCUT2D eigenvalue weighted by Crippen LogP contribution is 2.11. The molecule has 2 heterocycles. The Morgan fingerprint density at radius 3 is 2.07 bits per heavy atom. The number of nitro groups is 1. The molecule has 0 unspecified atom stereocenters. The first-order valence-corrected chi connectivity index (χ1v) is 8.85. The first-order chi connectivity index (χ1) is 13.5. The summed E-state index contributed by atoms with van der Waals surface area (Å²) >= 11 is 0. The summed E-state index contributed by atoms with van der Waals surface area (Å²) in [6, 6.07) is 20.7. The molecule has 0 radical (unpaired) electrons. The Morgan fingerprint density at radius 1 is 0.786 bits per heavy atom. The van der Waals surface area contributed by atoms with Crippen LogP contribution in [0.3, 0.4) is 0 Å². The van der Waals surface area contributed by atoms with Crippen molar-refractivity contribution < 1.29 is 4.92 Å². The highest BCUT2D eigenvalue weighted by atomic mass is 16.6. The maximum absolute atomic E-state index is 10.1. The van der Waals surface area contributed by atoms with Gasteiger partial charge in [0, 0.05) is 36.1 Å². The quantitative estimate of drug-likeness (QED) is 0.311. The highest BCUT2D eigenvalue weighted by Gasteiger charge is 2.00. The molecule has 0 N–H and O–H groups in total. The van der Waals surface area contributed by atoms with E-state index in [-0.39, 0.29) is 5.69 Å². The van der Waals surface area contributed by atoms with Gasteiger partial charge in [0.2, 0.25) is 0 Å². The van der Waals surface area contributed by atoms with Gasteiger partial charge in [-0.05, 0) is 50.1 Å². The van der Waals surface area contributed by atoms with Crippen LogP contribution in [0.1, 0.15) is 16.7 Å². The highest BCUT2D eigenvalue weighted by molar-refractivity contribution is 5.78. The van der Waals surface area contributed by atoms with Gasteiger partial charge in [0.05, 0.1) is 10.4 Å². The summed E-state index contributed by atoms with van der Waals surface area (Å²) in [5, 5.41) is 11.3. The topological polar surface area (TPSA) is 68.9 Å². The summed E-state index contributed by atoms with van der Waals surface area (Å²) in [5.41, 5.74) is 4.67. The molecule has 0 aliphatic rings. The van der Waals surface area contributed by atoms with Gasteiger partial charge < -0.3 is 0 Å². The van der Waals surface area contributed by atoms with E-state index in [1.165, 1.54) is 28.6 Å². The minimum Gasteiger partial charge on any atom is -0.264 e. The molecule has 28 heavy (non-hydrogen) atoms. The van der Waals surface area contributed by atoms with E-state index in [9.17, 15) is 10.1 Å². The molecule has 0 saturated carbocycles. The van der Waals surface area contributed by atoms with Crippen LogP contribution in [0.4, 0.5) is 5.69 Å². The van der Waals surface area contributed by atoms with Crippen molar-refractivity contribution in [2.45, 2.75) is 20.8 Å². The third-order valence-corrected chi connectivity index (χ3v) is 3.78. The summed E-state index contributed by atoms with van der Waals surface area (Å²) < 4.78 is 0. The van der Waals surface area contributed by atoms with Gasteiger partial charge in [-0.1, -0.05) is 42.0 Å². The van der Waals surface area contributed by atoms with E-state index in [0.29, 0.717) is 0 Å². The molecule has 0 aliphatic carbocycles. The molecular weight excluding hydrogens is 350 g/mol. The molecule has 0 aliphatic heterocycles. The van der Waals surface area contributed by atoms with E-state index in [2.05, 4.69) is 29.0 Å². The molecule has 0 saturated heterocycles. The fourth-order valence-corrected chi connectivity index (χ4v) is 2.30. The summed E-state index contributed by atoms with van der Waals surface area (Å²) in [5.74, 6) is 0. The van der Waals surface area contributed by atoms with Crippen molar-refractivity contribution in [2.24, 2.45) is 0 Å². The van der Waals surface area contributed by atoms with E-state index >= 15 is 0 Å². The smallest absolute Gasteiger partial charge is 0.264 e. The lowest BCUT2D eigenvalue weighted by Crippen LogP contribution is -1.86. The molecule has 4 rings (SSSR count). The number of pyridine rings is 2. The first-order valence-electron chi connectivity index (χ1n) is 8.85. The maximum Gasteiger partial charge on any atom is 0.269 e. The zero-order valence-electron chi connectivity index (χ0n) is 16.2. The second kappa shape index (κ2) is 10.5. The molecule has 2 aromatic heterocycles. The van der Waals surface area contributed by atoms with Gasteiger partial charge >= 0.3 is 0 Å². The number of nitrogens with zero attached hydrogens (tertiary/aromatic N) is 3. The first kappa shape index (κ1) is 20.7. The average molecular weight is 373 g/mol. The molecular formula is C23H23N3O2. The Balaban J connectivity index is 0.000000154. The minimum absolute atomic E-state index is 0.144. The largest absolute Gasteiger partial charge is 0.269 e. The van der Waals surface area contributed by atoms with E-state index < -0.39 is 4.92 Å². The van der Waals surface area contributed by atoms with Crippen LogP contribution in [0.15, 0.2) is 85.3 Å². The minimum atomic E-state index is -0.403. The normalized spacial score (nSPS) is 9.54. The Morgan fingerprint density at radius 2 is 1.50 bits per heavy atom. The van der Waals surface area contributed by atoms with Crippen LogP contribution in [-0.2, 0) is 0 Å². The molecule has 142 valence electrons. The van der Waals surface area contributed by atoms with Crippen molar-refractivity contribution in [1.29, 1.82) is 0 Å². The molecule has 4 aromatic rings. The predicted octanol–water partition coefficient (Wildman–Crippen LogP) is 5.84. The van der Waals surface area contributed by atoms with Crippen LogP contribution >= 0.6 is 0 Å². The Hall–Kier alpha value is -3.60. The number of nitro benzene ring substituents is 1. The summed E-state index contributed by atoms with van der Waals surface area (Å²) in [4.78, 5) is 17.9. The fourth-order valence-electron chi connectivity index (χ4n) is 2.30. The van der Waals surface area contributed by atoms with Crippen LogP contribution < -0.4 is 0 Å². The molecule has 5 nitrogen and oxygen atoms in total. The zero-order valence-corrected chi connectivity index (χ0v) is 16.2. The number of benzene rings is 2. The van der Waals surface area contributed by atoms with Crippen LogP contribution in [0.5, 0.6) is 0 Å². The average Bonchev–Trinajstić information content (AvgIpc) is 2.70. The lowest BCUT2D eigenvalue weighted by atomic mass is 10.2. The van der Waals surface area contributed by atoms with Crippen LogP contribution in [-0.4, -0.2) is 14.9 Å². The molecule has 0 bridgehead atoms. The van der Waals surface area contributed by atoms with Crippen molar-refractivity contribution in [3.8, 4) is 0 Å². The van der Waals surface area contributed by atoms with Gasteiger partial charge in [-0.3, -0.25) is 20.1 Å². The Bertz CT molecular complexity index is 1020. The summed E-state index contributed by atoms with van der Waals surface area (Å²) in [6.07, 6.45) is 5.50. The fraction of sp³-hybridized carbons (Fsp3) is 0.130. The standard InChI is InChI=1S/C10H9N.C7H7NO2.C6H7N/c1-8-6-9-4-2-3-5-10(9)11-7-8;1-6-2-4-7(5-3-6)8(9)10;1-6-3-2-4-7-5-6/h2-7H,1H3;2-5H,1H3;2-5H,1H3. The molecule has 0 fully saturated rings. The number of aryl methyl sites for hydroxylation is 3. The summed E-state index contributed by atoms with van der Waals surface area (Å²) in [6.45, 7) is 5.97. The molecule has 2 aromatic carbocycles. The third kappa shape index (κ3) is 6.96. The second-order valence-corrected chi connectivity index (χ2v) is 6.33. The number of rotatable bonds is 1. The van der Waals surface area contributed by atoms with E-state index in [0.717, 1.165) is 11.1 Å². The SMILES string of the molecule is Cc1ccc([N+](=O)[O-])cc1.Cc1cccnc1.Cc1cnc2ccccc2c1. The predicted molar refractivity (Wildman–Crippen MR) is 113 cm³/mol. The van der Waals surface area contributed by atoms with Crippen molar-refractivity contribution in [1.82, 2.24) is 9.97 Å². The number of aromatic nitrogens is 2. The molecule has 0 amide bonds. The van der Waals surface area contributed by atoms with Gasteiger partial charge in [-0.15, -0.1) is 0 Å². The number of hydrogen-bond donors (Lipinski definition) is 0. The number of para-hydroxylation sites is 1. The van der Waals surface area contributed by atoms with Crippen molar-refractivity contribution in [3.63, 3.8) is 0 Å². The molecule has 5 heteroatoms. The van der Waals surface area contributed by atoms with Crippen LogP contribution in [0.2, 0.25) is 0 Å². The lowest BCUT2D eigenvalue weighted by molar-refractivity contribution is -0.384. The molecule has 0 spiro atoms. The van der Waals surface area contributed by atoms with Gasteiger partial charge in [0.1, 0.15) is 0 Å². The van der Waals surface area contributed by atoms with E-state index in [4.69, 9.17) is 0 Å².